The van der Waals surface area contributed by atoms with Gasteiger partial charge in [0.05, 0.1) is 5.69 Å². The van der Waals surface area contributed by atoms with E-state index < -0.39 is 18.0 Å². The lowest BCUT2D eigenvalue weighted by Crippen LogP contribution is -2.20. The number of benzene rings is 2. The van der Waals surface area contributed by atoms with E-state index in [0.717, 1.165) is 6.07 Å². The number of carbonyl (C=O) groups excluding carboxylic acids is 1. The van der Waals surface area contributed by atoms with Crippen molar-refractivity contribution < 1.29 is 27.2 Å². The van der Waals surface area contributed by atoms with Gasteiger partial charge in [-0.25, -0.2) is 0 Å². The molecule has 5 nitrogen and oxygen atoms in total. The third-order valence-electron chi connectivity index (χ3n) is 3.50. The molecule has 1 N–H and O–H groups in total. The van der Waals surface area contributed by atoms with Crippen molar-refractivity contribution in [3.05, 3.63) is 65.9 Å². The van der Waals surface area contributed by atoms with Gasteiger partial charge in [0.15, 0.2) is 5.75 Å². The van der Waals surface area contributed by atoms with Crippen molar-refractivity contribution in [2.45, 2.75) is 13.3 Å². The number of alkyl halides is 3. The molecule has 0 saturated carbocycles. The Labute approximate surface area is 146 Å². The van der Waals surface area contributed by atoms with Crippen LogP contribution in [0.4, 0.5) is 18.9 Å². The second-order valence-corrected chi connectivity index (χ2v) is 5.33. The molecule has 0 unspecified atom stereocenters. The average molecular weight is 362 g/mol. The van der Waals surface area contributed by atoms with E-state index in [1.165, 1.54) is 18.2 Å². The number of para-hydroxylation sites is 2. The Kier molecular flexibility index (Phi) is 4.66. The van der Waals surface area contributed by atoms with Gasteiger partial charge in [0.1, 0.15) is 17.0 Å². The minimum atomic E-state index is -4.87. The Balaban J connectivity index is 1.92. The molecule has 1 amide bonds. The Morgan fingerprint density at radius 1 is 1.08 bits per heavy atom. The second kappa shape index (κ2) is 6.91. The lowest BCUT2D eigenvalue weighted by molar-refractivity contribution is -0.274. The molecule has 0 fully saturated rings. The summed E-state index contributed by atoms with van der Waals surface area (Å²) in [7, 11) is 0. The highest BCUT2D eigenvalue weighted by Crippen LogP contribution is 2.31. The maximum Gasteiger partial charge on any atom is 0.573 e. The molecule has 0 radical (unpaired) electrons. The topological polar surface area (TPSA) is 64.4 Å². The van der Waals surface area contributed by atoms with Gasteiger partial charge in [0.2, 0.25) is 0 Å². The first-order valence-electron chi connectivity index (χ1n) is 7.53. The summed E-state index contributed by atoms with van der Waals surface area (Å²) in [6.07, 6.45) is -4.87. The summed E-state index contributed by atoms with van der Waals surface area (Å²) in [6.45, 7) is 1.55. The van der Waals surface area contributed by atoms with Gasteiger partial charge in [-0.05, 0) is 19.1 Å². The standard InChI is InChI=1S/C18H13F3N2O3/c1-11-15(16(23-26-11)12-7-3-2-4-8-12)17(24)22-13-9-5-6-10-14(13)25-18(19,20)21/h2-10H,1H3,(H,22,24). The molecule has 1 aromatic heterocycles. The monoisotopic (exact) mass is 362 g/mol. The highest BCUT2D eigenvalue weighted by Gasteiger charge is 2.32. The van der Waals surface area contributed by atoms with E-state index in [9.17, 15) is 18.0 Å². The Morgan fingerprint density at radius 2 is 1.73 bits per heavy atom. The number of nitrogens with zero attached hydrogens (tertiary/aromatic N) is 1. The van der Waals surface area contributed by atoms with Crippen molar-refractivity contribution in [3.63, 3.8) is 0 Å². The first-order chi connectivity index (χ1) is 12.3. The van der Waals surface area contributed by atoms with Crippen LogP contribution in [0.3, 0.4) is 0 Å². The van der Waals surface area contributed by atoms with Crippen LogP contribution in [0.15, 0.2) is 59.1 Å². The largest absolute Gasteiger partial charge is 0.573 e. The van der Waals surface area contributed by atoms with Crippen LogP contribution >= 0.6 is 0 Å². The lowest BCUT2D eigenvalue weighted by atomic mass is 10.1. The van der Waals surface area contributed by atoms with Crippen LogP contribution in [-0.4, -0.2) is 17.4 Å². The zero-order valence-corrected chi connectivity index (χ0v) is 13.5. The normalized spacial score (nSPS) is 11.2. The SMILES string of the molecule is Cc1onc(-c2ccccc2)c1C(=O)Nc1ccccc1OC(F)(F)F. The number of aryl methyl sites for hydroxylation is 1. The molecule has 1 heterocycles. The number of anilines is 1. The van der Waals surface area contributed by atoms with Crippen LogP contribution < -0.4 is 10.1 Å². The molecule has 0 aliphatic heterocycles. The zero-order valence-electron chi connectivity index (χ0n) is 13.5. The quantitative estimate of drug-likeness (QED) is 0.724. The van der Waals surface area contributed by atoms with Gasteiger partial charge in [-0.15, -0.1) is 13.2 Å². The number of carbonyl (C=O) groups is 1. The molecule has 0 saturated heterocycles. The molecule has 0 aliphatic carbocycles. The minimum absolute atomic E-state index is 0.116. The van der Waals surface area contributed by atoms with Gasteiger partial charge in [-0.1, -0.05) is 47.6 Å². The molecule has 2 aromatic carbocycles. The Bertz CT molecular complexity index is 921. The predicted octanol–water partition coefficient (Wildman–Crippen LogP) is 4.80. The Morgan fingerprint density at radius 3 is 2.42 bits per heavy atom. The van der Waals surface area contributed by atoms with Crippen LogP contribution in [0.2, 0.25) is 0 Å². The molecule has 3 rings (SSSR count). The summed E-state index contributed by atoms with van der Waals surface area (Å²) in [5.41, 5.74) is 0.969. The van der Waals surface area contributed by atoms with E-state index in [4.69, 9.17) is 4.52 Å². The minimum Gasteiger partial charge on any atom is -0.404 e. The highest BCUT2D eigenvalue weighted by molar-refractivity contribution is 6.09. The van der Waals surface area contributed by atoms with Crippen LogP contribution in [-0.2, 0) is 0 Å². The van der Waals surface area contributed by atoms with Gasteiger partial charge >= 0.3 is 6.36 Å². The molecular weight excluding hydrogens is 349 g/mol. The van der Waals surface area contributed by atoms with Crippen molar-refractivity contribution in [3.8, 4) is 17.0 Å². The van der Waals surface area contributed by atoms with E-state index in [1.54, 1.807) is 37.3 Å². The summed E-state index contributed by atoms with van der Waals surface area (Å²) < 4.78 is 46.6. The average Bonchev–Trinajstić information content (AvgIpc) is 2.98. The van der Waals surface area contributed by atoms with Gasteiger partial charge in [0, 0.05) is 5.56 Å². The molecule has 3 aromatic rings. The molecule has 8 heteroatoms. The number of hydrogen-bond acceptors (Lipinski definition) is 4. The first-order valence-corrected chi connectivity index (χ1v) is 7.53. The Hall–Kier alpha value is -3.29. The summed E-state index contributed by atoms with van der Waals surface area (Å²) in [5.74, 6) is -0.917. The fourth-order valence-electron chi connectivity index (χ4n) is 2.40. The smallest absolute Gasteiger partial charge is 0.404 e. The fourth-order valence-corrected chi connectivity index (χ4v) is 2.40. The maximum atomic E-state index is 12.7. The van der Waals surface area contributed by atoms with Crippen LogP contribution in [0.1, 0.15) is 16.1 Å². The molecule has 0 aliphatic rings. The van der Waals surface area contributed by atoms with Crippen molar-refractivity contribution in [2.24, 2.45) is 0 Å². The van der Waals surface area contributed by atoms with Gasteiger partial charge in [-0.2, -0.15) is 0 Å². The number of rotatable bonds is 4. The number of ether oxygens (including phenoxy) is 1. The van der Waals surface area contributed by atoms with E-state index in [1.807, 2.05) is 0 Å². The van der Waals surface area contributed by atoms with Crippen LogP contribution in [0, 0.1) is 6.92 Å². The van der Waals surface area contributed by atoms with Crippen molar-refractivity contribution in [2.75, 3.05) is 5.32 Å². The lowest BCUT2D eigenvalue weighted by Gasteiger charge is -2.13. The number of nitrogens with one attached hydrogen (secondary N) is 1. The number of halogens is 3. The van der Waals surface area contributed by atoms with Crippen molar-refractivity contribution in [1.82, 2.24) is 5.16 Å². The number of aromatic nitrogens is 1. The number of amides is 1. The van der Waals surface area contributed by atoms with Gasteiger partial charge < -0.3 is 14.6 Å². The summed E-state index contributed by atoms with van der Waals surface area (Å²) in [4.78, 5) is 12.7. The van der Waals surface area contributed by atoms with Crippen LogP contribution in [0.25, 0.3) is 11.3 Å². The summed E-state index contributed by atoms with van der Waals surface area (Å²) >= 11 is 0. The second-order valence-electron chi connectivity index (χ2n) is 5.33. The first kappa shape index (κ1) is 17.5. The predicted molar refractivity (Wildman–Crippen MR) is 87.8 cm³/mol. The van der Waals surface area contributed by atoms with Gasteiger partial charge in [0.25, 0.3) is 5.91 Å². The third kappa shape index (κ3) is 3.85. The van der Waals surface area contributed by atoms with E-state index in [2.05, 4.69) is 15.2 Å². The van der Waals surface area contributed by atoms with Crippen LogP contribution in [0.5, 0.6) is 5.75 Å². The summed E-state index contributed by atoms with van der Waals surface area (Å²) in [5, 5.41) is 6.31. The molecule has 0 bridgehead atoms. The van der Waals surface area contributed by atoms with Gasteiger partial charge in [-0.3, -0.25) is 4.79 Å². The van der Waals surface area contributed by atoms with E-state index in [-0.39, 0.29) is 17.0 Å². The van der Waals surface area contributed by atoms with Crippen molar-refractivity contribution >= 4 is 11.6 Å². The zero-order chi connectivity index (χ0) is 18.7. The maximum absolute atomic E-state index is 12.7. The molecule has 0 atom stereocenters. The number of hydrogen-bond donors (Lipinski definition) is 1. The van der Waals surface area contributed by atoms with E-state index in [0.29, 0.717) is 11.3 Å². The molecule has 0 spiro atoms. The van der Waals surface area contributed by atoms with E-state index >= 15 is 0 Å². The summed E-state index contributed by atoms with van der Waals surface area (Å²) in [6, 6.07) is 14.1. The third-order valence-corrected chi connectivity index (χ3v) is 3.50. The van der Waals surface area contributed by atoms with Crippen molar-refractivity contribution in [1.29, 1.82) is 0 Å². The fraction of sp³-hybridized carbons (Fsp3) is 0.111. The molecule has 134 valence electrons. The highest BCUT2D eigenvalue weighted by atomic mass is 19.4. The molecular formula is C18H13F3N2O3. The molecule has 26 heavy (non-hydrogen) atoms.